The molecule has 1 aliphatic heterocycles. The molecule has 4 amide bonds. The Balaban J connectivity index is 1.59. The second-order valence-electron chi connectivity index (χ2n) is 7.12. The lowest BCUT2D eigenvalue weighted by Gasteiger charge is -2.22. The zero-order chi connectivity index (χ0) is 21.0. The number of ether oxygens (including phenoxy) is 1. The number of nitrogens with one attached hydrogen (secondary N) is 2. The van der Waals surface area contributed by atoms with Crippen molar-refractivity contribution in [2.24, 2.45) is 0 Å². The Bertz CT molecular complexity index is 901. The molecule has 1 saturated heterocycles. The van der Waals surface area contributed by atoms with Crippen LogP contribution in [0.2, 0.25) is 0 Å². The molecular formula is C21H24N4O4. The summed E-state index contributed by atoms with van der Waals surface area (Å²) in [5.41, 5.74) is 2.84. The monoisotopic (exact) mass is 396 g/mol. The van der Waals surface area contributed by atoms with Crippen molar-refractivity contribution < 1.29 is 19.1 Å². The molecule has 0 saturated carbocycles. The van der Waals surface area contributed by atoms with Crippen molar-refractivity contribution >= 4 is 17.8 Å². The van der Waals surface area contributed by atoms with Gasteiger partial charge in [-0.05, 0) is 37.2 Å². The molecule has 8 nitrogen and oxygen atoms in total. The van der Waals surface area contributed by atoms with Crippen molar-refractivity contribution in [3.63, 3.8) is 0 Å². The van der Waals surface area contributed by atoms with Crippen LogP contribution in [0.15, 0.2) is 54.6 Å². The van der Waals surface area contributed by atoms with E-state index in [2.05, 4.69) is 10.7 Å². The minimum Gasteiger partial charge on any atom is -0.497 e. The van der Waals surface area contributed by atoms with Crippen molar-refractivity contribution in [2.45, 2.75) is 19.0 Å². The molecule has 1 fully saturated rings. The summed E-state index contributed by atoms with van der Waals surface area (Å²) in [5.74, 6) is -0.226. The standard InChI is InChI=1S/C21H24N4O4/c1-21(16-7-5-4-6-8-16)19(27)25(20(28)22-21)23-18(26)14-24(2)13-15-9-11-17(29-3)12-10-15/h4-12H,13-14H2,1-3H3,(H,22,28)(H,23,26)/t21-/m1/s1. The van der Waals surface area contributed by atoms with Crippen LogP contribution in [0.5, 0.6) is 5.75 Å². The van der Waals surface area contributed by atoms with E-state index < -0.39 is 23.4 Å². The molecule has 0 bridgehead atoms. The number of imide groups is 1. The molecular weight excluding hydrogens is 372 g/mol. The van der Waals surface area contributed by atoms with Gasteiger partial charge in [0, 0.05) is 6.54 Å². The second-order valence-corrected chi connectivity index (χ2v) is 7.12. The first kappa shape index (κ1) is 20.3. The Morgan fingerprint density at radius 3 is 2.41 bits per heavy atom. The molecule has 1 heterocycles. The summed E-state index contributed by atoms with van der Waals surface area (Å²) in [7, 11) is 3.38. The largest absolute Gasteiger partial charge is 0.497 e. The van der Waals surface area contributed by atoms with E-state index >= 15 is 0 Å². The van der Waals surface area contributed by atoms with E-state index in [4.69, 9.17) is 4.74 Å². The summed E-state index contributed by atoms with van der Waals surface area (Å²) in [6, 6.07) is 15.8. The Labute approximate surface area is 169 Å². The van der Waals surface area contributed by atoms with Gasteiger partial charge >= 0.3 is 6.03 Å². The molecule has 3 rings (SSSR count). The lowest BCUT2D eigenvalue weighted by molar-refractivity contribution is -0.139. The summed E-state index contributed by atoms with van der Waals surface area (Å²) >= 11 is 0. The second kappa shape index (κ2) is 8.32. The first-order valence-electron chi connectivity index (χ1n) is 9.16. The topological polar surface area (TPSA) is 91.0 Å². The molecule has 0 radical (unpaired) electrons. The fraction of sp³-hybridized carbons (Fsp3) is 0.286. The van der Waals surface area contributed by atoms with Crippen LogP contribution in [0.3, 0.4) is 0 Å². The normalized spacial score (nSPS) is 18.7. The first-order valence-corrected chi connectivity index (χ1v) is 9.16. The molecule has 2 N–H and O–H groups in total. The van der Waals surface area contributed by atoms with Gasteiger partial charge in [0.2, 0.25) is 0 Å². The Kier molecular flexibility index (Phi) is 5.84. The molecule has 1 aliphatic rings. The quantitative estimate of drug-likeness (QED) is 0.694. The van der Waals surface area contributed by atoms with E-state index in [-0.39, 0.29) is 6.54 Å². The smallest absolute Gasteiger partial charge is 0.344 e. The molecule has 8 heteroatoms. The molecule has 0 spiro atoms. The predicted molar refractivity (Wildman–Crippen MR) is 107 cm³/mol. The highest BCUT2D eigenvalue weighted by Crippen LogP contribution is 2.27. The van der Waals surface area contributed by atoms with Crippen LogP contribution in [-0.2, 0) is 21.7 Å². The fourth-order valence-electron chi connectivity index (χ4n) is 3.21. The number of carbonyl (C=O) groups excluding carboxylic acids is 3. The molecule has 1 atom stereocenters. The molecule has 0 aliphatic carbocycles. The number of amides is 4. The van der Waals surface area contributed by atoms with Gasteiger partial charge < -0.3 is 10.1 Å². The predicted octanol–water partition coefficient (Wildman–Crippen LogP) is 1.63. The Hall–Kier alpha value is -3.39. The summed E-state index contributed by atoms with van der Waals surface area (Å²) < 4.78 is 5.13. The number of likely N-dealkylation sites (N-methyl/N-ethyl adjacent to an activating group) is 1. The number of urea groups is 1. The maximum atomic E-state index is 12.8. The third-order valence-electron chi connectivity index (χ3n) is 4.80. The summed E-state index contributed by atoms with van der Waals surface area (Å²) in [6.45, 7) is 2.16. The highest BCUT2D eigenvalue weighted by atomic mass is 16.5. The maximum absolute atomic E-state index is 12.8. The van der Waals surface area contributed by atoms with E-state index in [9.17, 15) is 14.4 Å². The summed E-state index contributed by atoms with van der Waals surface area (Å²) in [6.07, 6.45) is 0. The number of hydrogen-bond donors (Lipinski definition) is 2. The SMILES string of the molecule is COc1ccc(CN(C)CC(=O)NN2C(=O)N[C@](C)(c3ccccc3)C2=O)cc1. The zero-order valence-corrected chi connectivity index (χ0v) is 16.6. The third kappa shape index (κ3) is 4.38. The molecule has 152 valence electrons. The van der Waals surface area contributed by atoms with Gasteiger partial charge in [0.05, 0.1) is 13.7 Å². The highest BCUT2D eigenvalue weighted by Gasteiger charge is 2.49. The third-order valence-corrected chi connectivity index (χ3v) is 4.80. The van der Waals surface area contributed by atoms with Gasteiger partial charge in [0.1, 0.15) is 11.3 Å². The van der Waals surface area contributed by atoms with Gasteiger partial charge in [0.15, 0.2) is 0 Å². The van der Waals surface area contributed by atoms with Gasteiger partial charge in [-0.3, -0.25) is 19.9 Å². The number of rotatable bonds is 7. The summed E-state index contributed by atoms with van der Waals surface area (Å²) in [4.78, 5) is 39.3. The van der Waals surface area contributed by atoms with Crippen LogP contribution < -0.4 is 15.5 Å². The minimum absolute atomic E-state index is 0.0190. The van der Waals surface area contributed by atoms with E-state index in [1.54, 1.807) is 50.2 Å². The van der Waals surface area contributed by atoms with Crippen LogP contribution >= 0.6 is 0 Å². The van der Waals surface area contributed by atoms with Crippen LogP contribution in [0.1, 0.15) is 18.1 Å². The van der Waals surface area contributed by atoms with Crippen molar-refractivity contribution in [1.82, 2.24) is 20.7 Å². The molecule has 2 aromatic rings. The van der Waals surface area contributed by atoms with Crippen LogP contribution in [0, 0.1) is 0 Å². The molecule has 29 heavy (non-hydrogen) atoms. The van der Waals surface area contributed by atoms with Gasteiger partial charge in [-0.1, -0.05) is 42.5 Å². The fourth-order valence-corrected chi connectivity index (χ4v) is 3.21. The van der Waals surface area contributed by atoms with Gasteiger partial charge in [-0.15, -0.1) is 0 Å². The summed E-state index contributed by atoms with van der Waals surface area (Å²) in [5, 5.41) is 3.40. The number of benzene rings is 2. The van der Waals surface area contributed by atoms with Gasteiger partial charge in [-0.25, -0.2) is 4.79 Å². The Morgan fingerprint density at radius 2 is 1.79 bits per heavy atom. The van der Waals surface area contributed by atoms with Crippen LogP contribution in [-0.4, -0.2) is 48.5 Å². The van der Waals surface area contributed by atoms with E-state index in [1.165, 1.54) is 0 Å². The van der Waals surface area contributed by atoms with Crippen molar-refractivity contribution in [1.29, 1.82) is 0 Å². The number of methoxy groups -OCH3 is 1. The van der Waals surface area contributed by atoms with Crippen molar-refractivity contribution in [2.75, 3.05) is 20.7 Å². The maximum Gasteiger partial charge on any atom is 0.344 e. The lowest BCUT2D eigenvalue weighted by Crippen LogP contribution is -2.50. The number of nitrogens with zero attached hydrogens (tertiary/aromatic N) is 2. The molecule has 0 unspecified atom stereocenters. The van der Waals surface area contributed by atoms with Crippen molar-refractivity contribution in [3.8, 4) is 5.75 Å². The number of hydrogen-bond acceptors (Lipinski definition) is 5. The van der Waals surface area contributed by atoms with Crippen molar-refractivity contribution in [3.05, 3.63) is 65.7 Å². The Morgan fingerprint density at radius 1 is 1.14 bits per heavy atom. The zero-order valence-electron chi connectivity index (χ0n) is 16.6. The number of hydrazine groups is 1. The average Bonchev–Trinajstić information content (AvgIpc) is 2.93. The molecule has 2 aromatic carbocycles. The minimum atomic E-state index is -1.22. The van der Waals surface area contributed by atoms with E-state index in [0.29, 0.717) is 12.1 Å². The average molecular weight is 396 g/mol. The number of carbonyl (C=O) groups is 3. The van der Waals surface area contributed by atoms with Crippen LogP contribution in [0.4, 0.5) is 4.79 Å². The lowest BCUT2D eigenvalue weighted by atomic mass is 9.92. The first-order chi connectivity index (χ1) is 13.8. The van der Waals surface area contributed by atoms with Gasteiger partial charge in [-0.2, -0.15) is 5.01 Å². The van der Waals surface area contributed by atoms with E-state index in [1.807, 2.05) is 30.3 Å². The highest BCUT2D eigenvalue weighted by molar-refractivity contribution is 6.08. The van der Waals surface area contributed by atoms with Gasteiger partial charge in [0.25, 0.3) is 11.8 Å². The molecule has 0 aromatic heterocycles. The van der Waals surface area contributed by atoms with E-state index in [0.717, 1.165) is 16.3 Å². The van der Waals surface area contributed by atoms with Crippen LogP contribution in [0.25, 0.3) is 0 Å².